The number of thiazole rings is 1. The van der Waals surface area contributed by atoms with Crippen molar-refractivity contribution in [3.63, 3.8) is 0 Å². The number of carbonyl (C=O) groups is 1. The van der Waals surface area contributed by atoms with Crippen LogP contribution in [0.15, 0.2) is 29.9 Å². The molecule has 2 rings (SSSR count). The molecule has 0 fully saturated rings. The number of nitrogens with one attached hydrogen (secondary N) is 1. The molecular weight excluding hydrogens is 286 g/mol. The number of amides is 1. The van der Waals surface area contributed by atoms with Gasteiger partial charge in [0.15, 0.2) is 0 Å². The van der Waals surface area contributed by atoms with Gasteiger partial charge in [-0.1, -0.05) is 11.8 Å². The van der Waals surface area contributed by atoms with E-state index in [4.69, 9.17) is 5.11 Å². The number of hydrogen-bond donors (Lipinski definition) is 2. The summed E-state index contributed by atoms with van der Waals surface area (Å²) >= 11 is 1.57. The van der Waals surface area contributed by atoms with E-state index in [0.717, 1.165) is 10.6 Å². The standard InChI is InChI=1S/C15H15N3O2S/c19-9-2-1-3-12-4-5-13(18-11-12)15(20)17-7-6-14-16-8-10-21-14/h4-5,8,10-11,19H,2,6-7,9H2,(H,17,20). The lowest BCUT2D eigenvalue weighted by atomic mass is 10.2. The van der Waals surface area contributed by atoms with Crippen LogP contribution in [0.4, 0.5) is 0 Å². The van der Waals surface area contributed by atoms with E-state index in [0.29, 0.717) is 25.1 Å². The zero-order valence-corrected chi connectivity index (χ0v) is 12.2. The summed E-state index contributed by atoms with van der Waals surface area (Å²) in [5.41, 5.74) is 1.09. The molecule has 0 unspecified atom stereocenters. The Kier molecular flexibility index (Phi) is 5.88. The number of pyridine rings is 1. The Morgan fingerprint density at radius 2 is 2.29 bits per heavy atom. The van der Waals surface area contributed by atoms with Crippen molar-refractivity contribution in [3.05, 3.63) is 46.2 Å². The molecule has 0 aliphatic carbocycles. The number of aliphatic hydroxyl groups excluding tert-OH is 1. The van der Waals surface area contributed by atoms with Gasteiger partial charge in [-0.25, -0.2) is 9.97 Å². The minimum Gasteiger partial charge on any atom is -0.395 e. The number of nitrogens with zero attached hydrogens (tertiary/aromatic N) is 2. The molecule has 2 aromatic heterocycles. The lowest BCUT2D eigenvalue weighted by molar-refractivity contribution is 0.0949. The number of aliphatic hydroxyl groups is 1. The zero-order valence-electron chi connectivity index (χ0n) is 11.4. The van der Waals surface area contributed by atoms with Crippen LogP contribution in [-0.2, 0) is 6.42 Å². The highest BCUT2D eigenvalue weighted by atomic mass is 32.1. The van der Waals surface area contributed by atoms with Crippen molar-refractivity contribution in [2.75, 3.05) is 13.2 Å². The van der Waals surface area contributed by atoms with Crippen LogP contribution in [0, 0.1) is 11.8 Å². The van der Waals surface area contributed by atoms with E-state index >= 15 is 0 Å². The Morgan fingerprint density at radius 1 is 1.38 bits per heavy atom. The molecule has 0 bridgehead atoms. The second kappa shape index (κ2) is 8.15. The molecule has 2 heterocycles. The molecule has 5 nitrogen and oxygen atoms in total. The Hall–Kier alpha value is -2.23. The number of carbonyl (C=O) groups excluding carboxylic acids is 1. The van der Waals surface area contributed by atoms with Gasteiger partial charge in [0.25, 0.3) is 5.91 Å². The Balaban J connectivity index is 1.83. The fourth-order valence-electron chi connectivity index (χ4n) is 1.57. The first kappa shape index (κ1) is 15.2. The first-order valence-corrected chi connectivity index (χ1v) is 7.40. The molecule has 1 amide bonds. The predicted molar refractivity (Wildman–Crippen MR) is 81.0 cm³/mol. The van der Waals surface area contributed by atoms with Crippen molar-refractivity contribution in [1.29, 1.82) is 0 Å². The van der Waals surface area contributed by atoms with Crippen LogP contribution in [0.25, 0.3) is 0 Å². The lowest BCUT2D eigenvalue weighted by Crippen LogP contribution is -2.26. The van der Waals surface area contributed by atoms with Crippen LogP contribution in [-0.4, -0.2) is 34.1 Å². The SMILES string of the molecule is O=C(NCCc1nccs1)c1ccc(C#CCCO)cn1. The summed E-state index contributed by atoms with van der Waals surface area (Å²) < 4.78 is 0. The van der Waals surface area contributed by atoms with Crippen molar-refractivity contribution >= 4 is 17.2 Å². The lowest BCUT2D eigenvalue weighted by Gasteiger charge is -2.03. The van der Waals surface area contributed by atoms with E-state index < -0.39 is 0 Å². The van der Waals surface area contributed by atoms with Gasteiger partial charge in [-0.05, 0) is 12.1 Å². The molecule has 0 aromatic carbocycles. The smallest absolute Gasteiger partial charge is 0.269 e. The molecule has 0 spiro atoms. The Bertz CT molecular complexity index is 627. The maximum atomic E-state index is 11.9. The van der Waals surface area contributed by atoms with Crippen LogP contribution in [0.3, 0.4) is 0 Å². The summed E-state index contributed by atoms with van der Waals surface area (Å²) in [5, 5.41) is 14.4. The molecule has 6 heteroatoms. The Labute approximate surface area is 127 Å². The fourth-order valence-corrected chi connectivity index (χ4v) is 2.19. The maximum Gasteiger partial charge on any atom is 0.269 e. The molecule has 0 aliphatic heterocycles. The highest BCUT2D eigenvalue weighted by Gasteiger charge is 2.06. The normalized spacial score (nSPS) is 9.76. The van der Waals surface area contributed by atoms with Gasteiger partial charge in [0.2, 0.25) is 0 Å². The number of aromatic nitrogens is 2. The van der Waals surface area contributed by atoms with E-state index in [1.54, 1.807) is 35.9 Å². The van der Waals surface area contributed by atoms with Gasteiger partial charge in [-0.15, -0.1) is 11.3 Å². The average molecular weight is 301 g/mol. The van der Waals surface area contributed by atoms with Crippen LogP contribution >= 0.6 is 11.3 Å². The van der Waals surface area contributed by atoms with E-state index in [1.165, 1.54) is 0 Å². The molecule has 108 valence electrons. The topological polar surface area (TPSA) is 75.1 Å². The monoisotopic (exact) mass is 301 g/mol. The van der Waals surface area contributed by atoms with Gasteiger partial charge in [-0.3, -0.25) is 4.79 Å². The molecule has 0 saturated carbocycles. The molecule has 2 aromatic rings. The van der Waals surface area contributed by atoms with Gasteiger partial charge in [0.1, 0.15) is 5.69 Å². The molecule has 0 atom stereocenters. The molecule has 2 N–H and O–H groups in total. The summed E-state index contributed by atoms with van der Waals surface area (Å²) in [6.45, 7) is 0.575. The highest BCUT2D eigenvalue weighted by molar-refractivity contribution is 7.09. The third kappa shape index (κ3) is 4.99. The third-order valence-corrected chi connectivity index (χ3v) is 3.41. The summed E-state index contributed by atoms with van der Waals surface area (Å²) in [6, 6.07) is 3.38. The van der Waals surface area contributed by atoms with E-state index in [2.05, 4.69) is 27.1 Å². The fraction of sp³-hybridized carbons (Fsp3) is 0.267. The minimum atomic E-state index is -0.207. The predicted octanol–water partition coefficient (Wildman–Crippen LogP) is 1.24. The van der Waals surface area contributed by atoms with Gasteiger partial charge >= 0.3 is 0 Å². The van der Waals surface area contributed by atoms with E-state index in [1.807, 2.05) is 5.38 Å². The minimum absolute atomic E-state index is 0.0417. The van der Waals surface area contributed by atoms with Gasteiger partial charge < -0.3 is 10.4 Å². The molecule has 0 saturated heterocycles. The second-order valence-electron chi connectivity index (χ2n) is 4.14. The van der Waals surface area contributed by atoms with Gasteiger partial charge in [-0.2, -0.15) is 0 Å². The van der Waals surface area contributed by atoms with Crippen molar-refractivity contribution in [3.8, 4) is 11.8 Å². The quantitative estimate of drug-likeness (QED) is 0.815. The van der Waals surface area contributed by atoms with Crippen molar-refractivity contribution in [2.24, 2.45) is 0 Å². The van der Waals surface area contributed by atoms with Crippen LogP contribution in [0.5, 0.6) is 0 Å². The summed E-state index contributed by atoms with van der Waals surface area (Å²) in [7, 11) is 0. The Morgan fingerprint density at radius 3 is 2.95 bits per heavy atom. The van der Waals surface area contributed by atoms with Gasteiger partial charge in [0, 0.05) is 42.7 Å². The van der Waals surface area contributed by atoms with Gasteiger partial charge in [0.05, 0.1) is 11.6 Å². The third-order valence-electron chi connectivity index (χ3n) is 2.57. The number of hydrogen-bond acceptors (Lipinski definition) is 5. The highest BCUT2D eigenvalue weighted by Crippen LogP contribution is 2.04. The molecule has 21 heavy (non-hydrogen) atoms. The first-order chi connectivity index (χ1) is 10.3. The van der Waals surface area contributed by atoms with Crippen molar-refractivity contribution in [2.45, 2.75) is 12.8 Å². The van der Waals surface area contributed by atoms with Crippen molar-refractivity contribution < 1.29 is 9.90 Å². The number of rotatable bonds is 5. The van der Waals surface area contributed by atoms with E-state index in [9.17, 15) is 4.79 Å². The average Bonchev–Trinajstić information content (AvgIpc) is 3.01. The van der Waals surface area contributed by atoms with Crippen LogP contribution in [0.1, 0.15) is 27.5 Å². The summed E-state index contributed by atoms with van der Waals surface area (Å²) in [4.78, 5) is 20.1. The van der Waals surface area contributed by atoms with Crippen molar-refractivity contribution in [1.82, 2.24) is 15.3 Å². The largest absolute Gasteiger partial charge is 0.395 e. The summed E-state index contributed by atoms with van der Waals surface area (Å²) in [5.74, 6) is 5.46. The first-order valence-electron chi connectivity index (χ1n) is 6.52. The zero-order chi connectivity index (χ0) is 14.9. The maximum absolute atomic E-state index is 11.9. The summed E-state index contributed by atoms with van der Waals surface area (Å²) in [6.07, 6.45) is 4.45. The van der Waals surface area contributed by atoms with E-state index in [-0.39, 0.29) is 12.5 Å². The molecular formula is C15H15N3O2S. The molecule has 0 aliphatic rings. The molecule has 0 radical (unpaired) electrons. The second-order valence-corrected chi connectivity index (χ2v) is 5.12. The van der Waals surface area contributed by atoms with Crippen LogP contribution in [0.2, 0.25) is 0 Å². The van der Waals surface area contributed by atoms with Crippen LogP contribution < -0.4 is 5.32 Å².